The smallest absolute Gasteiger partial charge is 0.870 e. The first-order valence-corrected chi connectivity index (χ1v) is 4.14. The molecule has 0 heterocycles. The Labute approximate surface area is 78.7 Å². The van der Waals surface area contributed by atoms with E-state index in [1.54, 1.807) is 0 Å². The molecule has 0 fully saturated rings. The molecule has 0 aliphatic heterocycles. The van der Waals surface area contributed by atoms with Gasteiger partial charge in [0.05, 0.1) is 0 Å². The van der Waals surface area contributed by atoms with Crippen molar-refractivity contribution in [3.8, 4) is 0 Å². The maximum absolute atomic E-state index is 8.74. The Bertz CT molecular complexity index is 209. The molecule has 0 atom stereocenters. The predicted molar refractivity (Wildman–Crippen MR) is 28.4 cm³/mol. The normalized spacial score (nSPS) is 9.67. The van der Waals surface area contributed by atoms with Gasteiger partial charge >= 0.3 is 27.5 Å². The Morgan fingerprint density at radius 2 is 0.917 bits per heavy atom. The van der Waals surface area contributed by atoms with Crippen molar-refractivity contribution in [2.45, 2.75) is 0 Å². The summed E-state index contributed by atoms with van der Waals surface area (Å²) >= 11 is 0. The van der Waals surface area contributed by atoms with E-state index in [1.165, 1.54) is 0 Å². The van der Waals surface area contributed by atoms with Crippen molar-refractivity contribution >= 4 is 20.8 Å². The van der Waals surface area contributed by atoms with Crippen LogP contribution in [0.25, 0.3) is 0 Å². The van der Waals surface area contributed by atoms with Crippen LogP contribution < -0.4 is 0 Å². The fourth-order valence-electron chi connectivity index (χ4n) is 0. The standard InChI is InChI=1S/Cu.2H2O4S.H2O/c;2*1-5(2,3)4;/h;2*(H2,1,2,3,4);1H2/q+2;;;/p-2. The van der Waals surface area contributed by atoms with Crippen LogP contribution in [0.15, 0.2) is 0 Å². The molecule has 0 aromatic rings. The van der Waals surface area contributed by atoms with Crippen molar-refractivity contribution in [2.75, 3.05) is 0 Å². The van der Waals surface area contributed by atoms with Crippen LogP contribution in [0.3, 0.4) is 0 Å². The summed E-state index contributed by atoms with van der Waals surface area (Å²) in [7, 11) is -9.58. The molecule has 81 valence electrons. The zero-order chi connectivity index (χ0) is 9.00. The largest absolute Gasteiger partial charge is 2.00 e. The van der Waals surface area contributed by atoms with Gasteiger partial charge in [0.15, 0.2) is 0 Å². The molecule has 1 radical (unpaired) electrons. The van der Waals surface area contributed by atoms with Crippen LogP contribution in [0, 0.1) is 0 Å². The average Bonchev–Trinajstić information content (AvgIpc) is 1.12. The van der Waals surface area contributed by atoms with Gasteiger partial charge in [-0.05, 0) is 0 Å². The van der Waals surface area contributed by atoms with E-state index >= 15 is 0 Å². The van der Waals surface area contributed by atoms with Crippen molar-refractivity contribution in [1.29, 1.82) is 0 Å². The summed E-state index contributed by atoms with van der Waals surface area (Å²) in [5.74, 6) is 0. The van der Waals surface area contributed by atoms with Gasteiger partial charge in [-0.1, -0.05) is 0 Å². The van der Waals surface area contributed by atoms with E-state index in [0.717, 1.165) is 0 Å². The first-order chi connectivity index (χ1) is 4.00. The van der Waals surface area contributed by atoms with E-state index in [0.29, 0.717) is 0 Å². The van der Waals surface area contributed by atoms with Gasteiger partial charge in [-0.2, -0.15) is 8.42 Å². The quantitative estimate of drug-likeness (QED) is 0.260. The van der Waals surface area contributed by atoms with Crippen LogP contribution in [0.5, 0.6) is 0 Å². The van der Waals surface area contributed by atoms with E-state index in [-0.39, 0.29) is 22.5 Å². The van der Waals surface area contributed by atoms with Gasteiger partial charge in [0.1, 0.15) is 0 Å². The Balaban J connectivity index is -0.0000000457. The van der Waals surface area contributed by atoms with Crippen LogP contribution in [-0.4, -0.2) is 40.5 Å². The SMILES string of the molecule is O=S(=O)(O)O.O=S(=O)([O-])O.[Cu+2].[OH-]. The third kappa shape index (κ3) is 18000. The molecular weight excluding hydrogens is 272 g/mol. The van der Waals surface area contributed by atoms with Crippen molar-refractivity contribution < 1.29 is 57.6 Å². The Morgan fingerprint density at radius 1 is 0.917 bits per heavy atom. The van der Waals surface area contributed by atoms with Crippen LogP contribution >= 0.6 is 0 Å². The van der Waals surface area contributed by atoms with Crippen LogP contribution in [-0.2, 0) is 37.9 Å². The Morgan fingerprint density at radius 3 is 0.917 bits per heavy atom. The third-order valence-electron chi connectivity index (χ3n) is 0. The summed E-state index contributed by atoms with van der Waals surface area (Å²) in [5, 5.41) is 0. The summed E-state index contributed by atoms with van der Waals surface area (Å²) in [6.07, 6.45) is 0. The molecule has 0 amide bonds. The number of rotatable bonds is 0. The molecule has 0 aromatic carbocycles. The van der Waals surface area contributed by atoms with E-state index in [2.05, 4.69) is 0 Å². The van der Waals surface area contributed by atoms with Crippen molar-refractivity contribution in [1.82, 2.24) is 0 Å². The minimum atomic E-state index is -4.92. The maximum Gasteiger partial charge on any atom is 2.00 e. The van der Waals surface area contributed by atoms with Gasteiger partial charge in [-0.25, -0.2) is 8.42 Å². The van der Waals surface area contributed by atoms with E-state index in [4.69, 9.17) is 35.0 Å². The molecule has 0 rings (SSSR count). The van der Waals surface area contributed by atoms with E-state index in [1.807, 2.05) is 0 Å². The summed E-state index contributed by atoms with van der Waals surface area (Å²) in [5.41, 5.74) is 0. The van der Waals surface area contributed by atoms with Crippen molar-refractivity contribution in [3.63, 3.8) is 0 Å². The second kappa shape index (κ2) is 7.85. The molecule has 12 heteroatoms. The molecule has 0 aliphatic carbocycles. The third-order valence-corrected chi connectivity index (χ3v) is 0. The maximum atomic E-state index is 8.74. The Hall–Kier alpha value is 0.219. The molecule has 0 aliphatic rings. The first-order valence-electron chi connectivity index (χ1n) is 1.38. The molecular formula is H4CuO9S2. The molecule has 12 heavy (non-hydrogen) atoms. The summed E-state index contributed by atoms with van der Waals surface area (Å²) in [6.45, 7) is 0. The number of hydrogen-bond donors (Lipinski definition) is 3. The molecule has 0 saturated heterocycles. The molecule has 0 spiro atoms. The molecule has 9 nitrogen and oxygen atoms in total. The minimum absolute atomic E-state index is 0. The summed E-state index contributed by atoms with van der Waals surface area (Å²) in [6, 6.07) is 0. The van der Waals surface area contributed by atoms with Crippen LogP contribution in [0.2, 0.25) is 0 Å². The van der Waals surface area contributed by atoms with E-state index in [9.17, 15) is 0 Å². The van der Waals surface area contributed by atoms with Gasteiger partial charge < -0.3 is 10.0 Å². The monoisotopic (exact) mass is 275 g/mol. The second-order valence-electron chi connectivity index (χ2n) is 0.876. The molecule has 0 bridgehead atoms. The topological polar surface area (TPSA) is 182 Å². The Kier molecular flexibility index (Phi) is 14.9. The van der Waals surface area contributed by atoms with Crippen molar-refractivity contribution in [3.05, 3.63) is 0 Å². The van der Waals surface area contributed by atoms with Gasteiger partial charge in [-0.15, -0.1) is 0 Å². The predicted octanol–water partition coefficient (Wildman–Crippen LogP) is -1.83. The van der Waals surface area contributed by atoms with Crippen LogP contribution in [0.1, 0.15) is 0 Å². The van der Waals surface area contributed by atoms with Gasteiger partial charge in [0, 0.05) is 0 Å². The van der Waals surface area contributed by atoms with Crippen molar-refractivity contribution in [2.24, 2.45) is 0 Å². The van der Waals surface area contributed by atoms with Gasteiger partial charge in [0.25, 0.3) is 0 Å². The van der Waals surface area contributed by atoms with E-state index < -0.39 is 20.8 Å². The fourth-order valence-corrected chi connectivity index (χ4v) is 0. The van der Waals surface area contributed by atoms with Gasteiger partial charge in [-0.3, -0.25) is 13.7 Å². The van der Waals surface area contributed by atoms with Crippen LogP contribution in [0.4, 0.5) is 0 Å². The molecule has 0 aromatic heterocycles. The van der Waals surface area contributed by atoms with Gasteiger partial charge in [0.2, 0.25) is 10.4 Å². The first kappa shape index (κ1) is 22.8. The average molecular weight is 276 g/mol. The zero-order valence-corrected chi connectivity index (χ0v) is 7.52. The number of hydrogen-bond acceptors (Lipinski definition) is 6. The summed E-state index contributed by atoms with van der Waals surface area (Å²) in [4.78, 5) is 0. The fraction of sp³-hybridized carbons (Fsp3) is 0. The molecule has 0 unspecified atom stereocenters. The second-order valence-corrected chi connectivity index (χ2v) is 2.63. The summed E-state index contributed by atoms with van der Waals surface area (Å²) < 4.78 is 64.4. The zero-order valence-electron chi connectivity index (χ0n) is 4.95. The minimum Gasteiger partial charge on any atom is -0.870 e. The molecule has 0 saturated carbocycles. The molecule has 4 N–H and O–H groups in total.